The van der Waals surface area contributed by atoms with Gasteiger partial charge in [0.15, 0.2) is 0 Å². The van der Waals surface area contributed by atoms with Crippen molar-refractivity contribution < 1.29 is 9.59 Å². The molecule has 3 atom stereocenters. The molecule has 0 unspecified atom stereocenters. The highest BCUT2D eigenvalue weighted by atomic mass is 32.2. The molecule has 0 aromatic carbocycles. The van der Waals surface area contributed by atoms with Crippen LogP contribution < -0.4 is 21.3 Å². The van der Waals surface area contributed by atoms with Gasteiger partial charge in [0.1, 0.15) is 0 Å². The highest BCUT2D eigenvalue weighted by Crippen LogP contribution is 2.33. The molecule has 0 saturated carbocycles. The average molecular weight is 314 g/mol. The number of nitrogens with one attached hydrogen (secondary N) is 4. The molecular formula is C14H26N4O2S. The quantitative estimate of drug-likeness (QED) is 0.368. The molecule has 0 aliphatic carbocycles. The van der Waals surface area contributed by atoms with Gasteiger partial charge in [0.2, 0.25) is 5.91 Å². The average Bonchev–Trinajstić information content (AvgIpc) is 2.99. The molecule has 0 bridgehead atoms. The summed E-state index contributed by atoms with van der Waals surface area (Å²) >= 11 is 1.93. The van der Waals surface area contributed by atoms with Gasteiger partial charge in [0.25, 0.3) is 0 Å². The van der Waals surface area contributed by atoms with E-state index in [2.05, 4.69) is 21.3 Å². The van der Waals surface area contributed by atoms with Gasteiger partial charge in [-0.15, -0.1) is 0 Å². The highest BCUT2D eigenvalue weighted by Gasteiger charge is 2.42. The summed E-state index contributed by atoms with van der Waals surface area (Å²) in [6, 6.07) is 0.539. The minimum absolute atomic E-state index is 0.0313. The van der Waals surface area contributed by atoms with E-state index in [1.54, 1.807) is 0 Å². The normalized spacial score (nSPS) is 27.1. The van der Waals surface area contributed by atoms with Gasteiger partial charge in [-0.1, -0.05) is 6.42 Å². The number of thioether (sulfide) groups is 1. The van der Waals surface area contributed by atoms with E-state index in [9.17, 15) is 9.59 Å². The van der Waals surface area contributed by atoms with E-state index in [-0.39, 0.29) is 18.0 Å². The van der Waals surface area contributed by atoms with Crippen molar-refractivity contribution in [1.29, 1.82) is 0 Å². The Labute approximate surface area is 130 Å². The Balaban J connectivity index is 1.52. The summed E-state index contributed by atoms with van der Waals surface area (Å²) < 4.78 is 0. The number of unbranched alkanes of at least 4 members (excludes halogenated alkanes) is 1. The van der Waals surface area contributed by atoms with Crippen LogP contribution in [0.4, 0.5) is 4.79 Å². The molecule has 6 nitrogen and oxygen atoms in total. The van der Waals surface area contributed by atoms with Gasteiger partial charge in [0.05, 0.1) is 12.1 Å². The van der Waals surface area contributed by atoms with E-state index >= 15 is 0 Å². The Morgan fingerprint density at radius 3 is 2.95 bits per heavy atom. The van der Waals surface area contributed by atoms with Crippen LogP contribution >= 0.6 is 11.8 Å². The Kier molecular flexibility index (Phi) is 6.63. The molecule has 0 aromatic heterocycles. The summed E-state index contributed by atoms with van der Waals surface area (Å²) in [6.07, 6.45) is 4.61. The summed E-state index contributed by atoms with van der Waals surface area (Å²) in [5, 5.41) is 12.4. The number of carbonyl (C=O) groups excluding carboxylic acids is 2. The molecule has 4 N–H and O–H groups in total. The van der Waals surface area contributed by atoms with Crippen molar-refractivity contribution in [2.45, 2.75) is 49.4 Å². The van der Waals surface area contributed by atoms with Crippen LogP contribution in [0.2, 0.25) is 0 Å². The number of rotatable bonds is 9. The Bertz CT molecular complexity index is 367. The van der Waals surface area contributed by atoms with Gasteiger partial charge in [-0.25, -0.2) is 4.79 Å². The molecule has 0 spiro atoms. The third kappa shape index (κ3) is 5.07. The molecule has 2 aliphatic rings. The standard InChI is InChI=1S/C14H26N4O2S/c1-15-7-4-8-16-12(19)6-3-2-5-11-13-10(9-21-11)17-14(20)18-13/h10-11,13,15H,2-9H2,1H3,(H,16,19)(H2,17,18,20)/t10-,11-,13-/m0/s1. The molecule has 2 heterocycles. The van der Waals surface area contributed by atoms with E-state index in [4.69, 9.17) is 0 Å². The third-order valence-corrected chi connectivity index (χ3v) is 5.51. The highest BCUT2D eigenvalue weighted by molar-refractivity contribution is 8.00. The van der Waals surface area contributed by atoms with Crippen molar-refractivity contribution in [1.82, 2.24) is 21.3 Å². The van der Waals surface area contributed by atoms with Crippen LogP contribution in [-0.4, -0.2) is 55.2 Å². The summed E-state index contributed by atoms with van der Waals surface area (Å²) in [4.78, 5) is 22.9. The number of amides is 3. The van der Waals surface area contributed by atoms with Crippen LogP contribution in [0.1, 0.15) is 32.1 Å². The van der Waals surface area contributed by atoms with Crippen molar-refractivity contribution in [3.63, 3.8) is 0 Å². The van der Waals surface area contributed by atoms with Crippen LogP contribution in [0.25, 0.3) is 0 Å². The topological polar surface area (TPSA) is 82.3 Å². The lowest BCUT2D eigenvalue weighted by Gasteiger charge is -2.16. The van der Waals surface area contributed by atoms with Crippen molar-refractivity contribution in [2.24, 2.45) is 0 Å². The number of urea groups is 1. The van der Waals surface area contributed by atoms with Crippen molar-refractivity contribution in [3.05, 3.63) is 0 Å². The first-order valence-electron chi connectivity index (χ1n) is 7.80. The van der Waals surface area contributed by atoms with Gasteiger partial charge in [-0.2, -0.15) is 11.8 Å². The van der Waals surface area contributed by atoms with Gasteiger partial charge in [0, 0.05) is 24.0 Å². The SMILES string of the molecule is CNCCCNC(=O)CCCC[C@@H]1SC[C@@H]2NC(=O)N[C@@H]21. The zero-order valence-electron chi connectivity index (χ0n) is 12.6. The first-order valence-corrected chi connectivity index (χ1v) is 8.85. The molecule has 3 amide bonds. The van der Waals surface area contributed by atoms with E-state index in [1.807, 2.05) is 18.8 Å². The number of hydrogen-bond acceptors (Lipinski definition) is 4. The molecule has 21 heavy (non-hydrogen) atoms. The number of hydrogen-bond donors (Lipinski definition) is 4. The lowest BCUT2D eigenvalue weighted by Crippen LogP contribution is -2.36. The Morgan fingerprint density at radius 2 is 2.14 bits per heavy atom. The van der Waals surface area contributed by atoms with Crippen LogP contribution in [0.5, 0.6) is 0 Å². The number of carbonyl (C=O) groups is 2. The second-order valence-corrected chi connectivity index (χ2v) is 6.95. The minimum atomic E-state index is -0.0313. The molecule has 0 aromatic rings. The predicted octanol–water partition coefficient (Wildman–Crippen LogP) is 0.438. The smallest absolute Gasteiger partial charge is 0.315 e. The zero-order chi connectivity index (χ0) is 15.1. The van der Waals surface area contributed by atoms with Gasteiger partial charge >= 0.3 is 6.03 Å². The summed E-state index contributed by atoms with van der Waals surface area (Å²) in [5.74, 6) is 1.15. The zero-order valence-corrected chi connectivity index (χ0v) is 13.4. The molecule has 2 saturated heterocycles. The molecular weight excluding hydrogens is 288 g/mol. The van der Waals surface area contributed by atoms with Crippen LogP contribution in [-0.2, 0) is 4.79 Å². The lowest BCUT2D eigenvalue weighted by molar-refractivity contribution is -0.121. The van der Waals surface area contributed by atoms with E-state index < -0.39 is 0 Å². The largest absolute Gasteiger partial charge is 0.356 e. The summed E-state index contributed by atoms with van der Waals surface area (Å²) in [7, 11) is 1.91. The fourth-order valence-corrected chi connectivity index (χ4v) is 4.40. The summed E-state index contributed by atoms with van der Waals surface area (Å²) in [5.41, 5.74) is 0. The molecule has 120 valence electrons. The molecule has 2 fully saturated rings. The third-order valence-electron chi connectivity index (χ3n) is 4.01. The van der Waals surface area contributed by atoms with Crippen molar-refractivity contribution >= 4 is 23.7 Å². The predicted molar refractivity (Wildman–Crippen MR) is 85.5 cm³/mol. The number of fused-ring (bicyclic) bond motifs is 1. The van der Waals surface area contributed by atoms with Crippen molar-refractivity contribution in [3.8, 4) is 0 Å². The first kappa shape index (κ1) is 16.4. The monoisotopic (exact) mass is 314 g/mol. The van der Waals surface area contributed by atoms with Gasteiger partial charge in [-0.05, 0) is 32.9 Å². The Hall–Kier alpha value is -0.950. The molecule has 7 heteroatoms. The maximum absolute atomic E-state index is 11.6. The second-order valence-electron chi connectivity index (χ2n) is 5.67. The van der Waals surface area contributed by atoms with E-state index in [0.29, 0.717) is 17.7 Å². The maximum Gasteiger partial charge on any atom is 0.315 e. The minimum Gasteiger partial charge on any atom is -0.356 e. The molecule has 2 aliphatic heterocycles. The van der Waals surface area contributed by atoms with E-state index in [0.717, 1.165) is 44.5 Å². The second kappa shape index (κ2) is 8.48. The summed E-state index contributed by atoms with van der Waals surface area (Å²) in [6.45, 7) is 1.68. The van der Waals surface area contributed by atoms with Crippen LogP contribution in [0.15, 0.2) is 0 Å². The van der Waals surface area contributed by atoms with E-state index in [1.165, 1.54) is 0 Å². The lowest BCUT2D eigenvalue weighted by atomic mass is 10.0. The molecule has 2 rings (SSSR count). The van der Waals surface area contributed by atoms with Gasteiger partial charge < -0.3 is 21.3 Å². The molecule has 0 radical (unpaired) electrons. The fraction of sp³-hybridized carbons (Fsp3) is 0.857. The first-order chi connectivity index (χ1) is 10.2. The van der Waals surface area contributed by atoms with Gasteiger partial charge in [-0.3, -0.25) is 4.79 Å². The Morgan fingerprint density at radius 1 is 1.29 bits per heavy atom. The van der Waals surface area contributed by atoms with Crippen LogP contribution in [0, 0.1) is 0 Å². The van der Waals surface area contributed by atoms with Crippen molar-refractivity contribution in [2.75, 3.05) is 25.9 Å². The maximum atomic E-state index is 11.6. The fourth-order valence-electron chi connectivity index (χ4n) is 2.86. The van der Waals surface area contributed by atoms with Crippen LogP contribution in [0.3, 0.4) is 0 Å².